The molecule has 13 heavy (non-hydrogen) atoms. The lowest BCUT2D eigenvalue weighted by molar-refractivity contribution is -0.151. The Hall–Kier alpha value is -0.930. The lowest BCUT2D eigenvalue weighted by Gasteiger charge is -2.10. The Balaban J connectivity index is 4.07. The Kier molecular flexibility index (Phi) is 6.10. The molecule has 0 rings (SSSR count). The zero-order valence-electron chi connectivity index (χ0n) is 8.01. The van der Waals surface area contributed by atoms with Gasteiger partial charge in [0.15, 0.2) is 0 Å². The molecule has 0 fully saturated rings. The molecule has 0 saturated heterocycles. The zero-order chi connectivity index (χ0) is 10.3. The van der Waals surface area contributed by atoms with Crippen LogP contribution in [0, 0.1) is 5.92 Å². The molecule has 0 aliphatic rings. The van der Waals surface area contributed by atoms with Gasteiger partial charge in [-0.05, 0) is 26.7 Å². The van der Waals surface area contributed by atoms with Gasteiger partial charge in [0.25, 0.3) is 0 Å². The predicted molar refractivity (Wildman–Crippen MR) is 46.0 cm³/mol. The summed E-state index contributed by atoms with van der Waals surface area (Å²) in [5.74, 6) is -1.58. The van der Waals surface area contributed by atoms with Gasteiger partial charge in [-0.2, -0.15) is 0 Å². The van der Waals surface area contributed by atoms with E-state index in [0.717, 1.165) is 0 Å². The average molecular weight is 190 g/mol. The van der Waals surface area contributed by atoms with Gasteiger partial charge in [0.2, 0.25) is 0 Å². The van der Waals surface area contributed by atoms with Crippen LogP contribution in [0.4, 0.5) is 4.39 Å². The summed E-state index contributed by atoms with van der Waals surface area (Å²) in [5.41, 5.74) is 0. The summed E-state index contributed by atoms with van der Waals surface area (Å²) >= 11 is 0. The molecule has 76 valence electrons. The highest BCUT2D eigenvalue weighted by molar-refractivity contribution is 5.97. The Labute approximate surface area is 77.3 Å². The normalized spacial score (nSPS) is 12.2. The van der Waals surface area contributed by atoms with E-state index in [0.29, 0.717) is 0 Å². The Morgan fingerprint density at radius 2 is 2.08 bits per heavy atom. The van der Waals surface area contributed by atoms with Crippen molar-refractivity contribution in [2.75, 3.05) is 13.3 Å². The number of ketones is 1. The second kappa shape index (κ2) is 6.57. The fourth-order valence-corrected chi connectivity index (χ4v) is 1.01. The number of halogens is 1. The van der Waals surface area contributed by atoms with E-state index >= 15 is 0 Å². The van der Waals surface area contributed by atoms with Crippen LogP contribution in [0.15, 0.2) is 0 Å². The molecule has 0 spiro atoms. The smallest absolute Gasteiger partial charge is 0.316 e. The summed E-state index contributed by atoms with van der Waals surface area (Å²) in [6, 6.07) is 0. The molecule has 0 bridgehead atoms. The summed E-state index contributed by atoms with van der Waals surface area (Å²) < 4.78 is 16.5. The molecule has 0 aromatic rings. The van der Waals surface area contributed by atoms with Gasteiger partial charge in [-0.3, -0.25) is 14.0 Å². The van der Waals surface area contributed by atoms with E-state index in [2.05, 4.69) is 4.74 Å². The monoisotopic (exact) mass is 190 g/mol. The van der Waals surface area contributed by atoms with Gasteiger partial charge in [-0.15, -0.1) is 0 Å². The van der Waals surface area contributed by atoms with Crippen molar-refractivity contribution in [2.24, 2.45) is 5.92 Å². The molecular formula is C9H15FO3. The first-order valence-electron chi connectivity index (χ1n) is 4.36. The molecule has 0 N–H and O–H groups in total. The van der Waals surface area contributed by atoms with Gasteiger partial charge < -0.3 is 4.74 Å². The van der Waals surface area contributed by atoms with E-state index in [1.165, 1.54) is 6.92 Å². The van der Waals surface area contributed by atoms with Gasteiger partial charge >= 0.3 is 5.97 Å². The van der Waals surface area contributed by atoms with Crippen molar-refractivity contribution in [1.29, 1.82) is 0 Å². The van der Waals surface area contributed by atoms with E-state index < -0.39 is 18.6 Å². The maximum Gasteiger partial charge on any atom is 0.316 e. The molecule has 0 aromatic carbocycles. The van der Waals surface area contributed by atoms with Crippen molar-refractivity contribution in [3.8, 4) is 0 Å². The van der Waals surface area contributed by atoms with Gasteiger partial charge in [-0.1, -0.05) is 0 Å². The molecule has 0 aromatic heterocycles. The van der Waals surface area contributed by atoms with Crippen LogP contribution in [0.5, 0.6) is 0 Å². The first kappa shape index (κ1) is 12.1. The fourth-order valence-electron chi connectivity index (χ4n) is 1.01. The average Bonchev–Trinajstić information content (AvgIpc) is 2.05. The van der Waals surface area contributed by atoms with Gasteiger partial charge in [-0.25, -0.2) is 0 Å². The van der Waals surface area contributed by atoms with Crippen LogP contribution in [0.1, 0.15) is 26.7 Å². The number of hydrogen-bond acceptors (Lipinski definition) is 3. The quantitative estimate of drug-likeness (QED) is 0.471. The lowest BCUT2D eigenvalue weighted by atomic mass is 10.00. The number of alkyl halides is 1. The summed E-state index contributed by atoms with van der Waals surface area (Å²) in [7, 11) is 0. The van der Waals surface area contributed by atoms with Gasteiger partial charge in [0.1, 0.15) is 11.7 Å². The first-order valence-corrected chi connectivity index (χ1v) is 4.36. The fraction of sp³-hybridized carbons (Fsp3) is 0.778. The van der Waals surface area contributed by atoms with Crippen molar-refractivity contribution in [3.05, 3.63) is 0 Å². The third-order valence-electron chi connectivity index (χ3n) is 1.69. The van der Waals surface area contributed by atoms with Crippen molar-refractivity contribution >= 4 is 11.8 Å². The van der Waals surface area contributed by atoms with Crippen molar-refractivity contribution in [1.82, 2.24) is 0 Å². The summed E-state index contributed by atoms with van der Waals surface area (Å²) in [5, 5.41) is 0. The van der Waals surface area contributed by atoms with Crippen LogP contribution in [-0.2, 0) is 14.3 Å². The van der Waals surface area contributed by atoms with E-state index in [-0.39, 0.29) is 25.2 Å². The second-order valence-corrected chi connectivity index (χ2v) is 2.75. The molecular weight excluding hydrogens is 175 g/mol. The van der Waals surface area contributed by atoms with Gasteiger partial charge in [0.05, 0.1) is 13.3 Å². The third-order valence-corrected chi connectivity index (χ3v) is 1.69. The van der Waals surface area contributed by atoms with Crippen LogP contribution >= 0.6 is 0 Å². The summed E-state index contributed by atoms with van der Waals surface area (Å²) in [4.78, 5) is 22.1. The number of ether oxygens (including phenoxy) is 1. The molecule has 0 aliphatic heterocycles. The molecule has 0 saturated carbocycles. The van der Waals surface area contributed by atoms with E-state index in [4.69, 9.17) is 0 Å². The van der Waals surface area contributed by atoms with Crippen molar-refractivity contribution in [2.45, 2.75) is 26.7 Å². The maximum absolute atomic E-state index is 11.8. The second-order valence-electron chi connectivity index (χ2n) is 2.75. The predicted octanol–water partition coefficient (Wildman–Crippen LogP) is 1.50. The largest absolute Gasteiger partial charge is 0.465 e. The highest BCUT2D eigenvalue weighted by atomic mass is 19.1. The van der Waals surface area contributed by atoms with Crippen LogP contribution in [0.25, 0.3) is 0 Å². The van der Waals surface area contributed by atoms with E-state index in [1.807, 2.05) is 0 Å². The standard InChI is InChI=1S/C9H15FO3/c1-3-13-9(12)8(7(2)11)5-4-6-10/h8H,3-6H2,1-2H3. The number of carbonyl (C=O) groups excluding carboxylic acids is 2. The van der Waals surface area contributed by atoms with E-state index in [9.17, 15) is 14.0 Å². The molecule has 4 heteroatoms. The maximum atomic E-state index is 11.8. The summed E-state index contributed by atoms with van der Waals surface area (Å²) in [6.07, 6.45) is 0.466. The Bertz CT molecular complexity index is 180. The Morgan fingerprint density at radius 1 is 1.46 bits per heavy atom. The molecule has 0 aliphatic carbocycles. The molecule has 0 heterocycles. The van der Waals surface area contributed by atoms with Crippen LogP contribution < -0.4 is 0 Å². The number of hydrogen-bond donors (Lipinski definition) is 0. The lowest BCUT2D eigenvalue weighted by Crippen LogP contribution is -2.24. The minimum Gasteiger partial charge on any atom is -0.465 e. The number of esters is 1. The van der Waals surface area contributed by atoms with Crippen LogP contribution in [-0.4, -0.2) is 25.0 Å². The first-order chi connectivity index (χ1) is 6.13. The highest BCUT2D eigenvalue weighted by Crippen LogP contribution is 2.10. The molecule has 0 amide bonds. The molecule has 0 radical (unpaired) electrons. The number of rotatable bonds is 6. The molecule has 3 nitrogen and oxygen atoms in total. The number of carbonyl (C=O) groups is 2. The minimum atomic E-state index is -0.782. The topological polar surface area (TPSA) is 43.4 Å². The third kappa shape index (κ3) is 4.60. The Morgan fingerprint density at radius 3 is 2.46 bits per heavy atom. The molecule has 1 unspecified atom stereocenters. The molecule has 1 atom stereocenters. The summed E-state index contributed by atoms with van der Waals surface area (Å²) in [6.45, 7) is 2.73. The zero-order valence-corrected chi connectivity index (χ0v) is 8.01. The number of Topliss-reactive ketones (excluding diaryl/α,β-unsaturated/α-hetero) is 1. The van der Waals surface area contributed by atoms with Crippen molar-refractivity contribution < 1.29 is 18.7 Å². The van der Waals surface area contributed by atoms with Crippen molar-refractivity contribution in [3.63, 3.8) is 0 Å². The van der Waals surface area contributed by atoms with Crippen LogP contribution in [0.3, 0.4) is 0 Å². The van der Waals surface area contributed by atoms with Crippen LogP contribution in [0.2, 0.25) is 0 Å². The van der Waals surface area contributed by atoms with Gasteiger partial charge in [0, 0.05) is 0 Å². The minimum absolute atomic E-state index is 0.225. The highest BCUT2D eigenvalue weighted by Gasteiger charge is 2.23. The SMILES string of the molecule is CCOC(=O)C(CCCF)C(C)=O. The van der Waals surface area contributed by atoms with E-state index in [1.54, 1.807) is 6.92 Å².